The monoisotopic (exact) mass is 445 g/mol. The molecule has 0 aliphatic carbocycles. The number of ether oxygens (including phenoxy) is 1. The molecule has 1 amide bonds. The molecule has 3 heterocycles. The second-order valence-corrected chi connectivity index (χ2v) is 8.64. The van der Waals surface area contributed by atoms with E-state index in [0.717, 1.165) is 53.0 Å². The summed E-state index contributed by atoms with van der Waals surface area (Å²) in [4.78, 5) is 31.2. The molecule has 2 aromatic heterocycles. The van der Waals surface area contributed by atoms with Gasteiger partial charge in [-0.05, 0) is 49.4 Å². The molecule has 0 spiro atoms. The van der Waals surface area contributed by atoms with Crippen molar-refractivity contribution in [3.8, 4) is 16.9 Å². The normalized spacial score (nSPS) is 15.9. The number of rotatable bonds is 6. The maximum absolute atomic E-state index is 13.6. The second-order valence-electron chi connectivity index (χ2n) is 8.64. The molecule has 1 aliphatic heterocycles. The fourth-order valence-corrected chi connectivity index (χ4v) is 4.47. The van der Waals surface area contributed by atoms with E-state index < -0.39 is 0 Å². The number of carbonyl (C=O) groups excluding carboxylic acids is 1. The Labute approximate surface area is 195 Å². The van der Waals surface area contributed by atoms with Crippen molar-refractivity contribution in [2.75, 3.05) is 32.6 Å². The number of methoxy groups -OCH3 is 1. The number of pyridine rings is 1. The second kappa shape index (κ2) is 9.98. The maximum atomic E-state index is 13.6. The Morgan fingerprint density at radius 1 is 1.15 bits per heavy atom. The highest BCUT2D eigenvalue weighted by Crippen LogP contribution is 2.37. The molecule has 4 rings (SSSR count). The van der Waals surface area contributed by atoms with Crippen molar-refractivity contribution in [3.63, 3.8) is 0 Å². The number of carbonyl (C=O) groups is 1. The summed E-state index contributed by atoms with van der Waals surface area (Å²) in [6.45, 7) is 2.76. The number of benzene rings is 1. The van der Waals surface area contributed by atoms with E-state index in [1.54, 1.807) is 13.3 Å². The van der Waals surface area contributed by atoms with Gasteiger partial charge in [0.1, 0.15) is 5.75 Å². The van der Waals surface area contributed by atoms with Crippen LogP contribution in [-0.4, -0.2) is 53.5 Å². The quantitative estimate of drug-likeness (QED) is 0.566. The molecule has 7 nitrogen and oxygen atoms in total. The molecule has 1 atom stereocenters. The van der Waals surface area contributed by atoms with E-state index in [0.29, 0.717) is 18.9 Å². The van der Waals surface area contributed by atoms with Gasteiger partial charge in [-0.25, -0.2) is 9.97 Å². The highest BCUT2D eigenvalue weighted by atomic mass is 16.5. The predicted octanol–water partition coefficient (Wildman–Crippen LogP) is 4.22. The molecule has 0 N–H and O–H groups in total. The summed E-state index contributed by atoms with van der Waals surface area (Å²) >= 11 is 0. The van der Waals surface area contributed by atoms with Crippen LogP contribution in [0.2, 0.25) is 0 Å². The third-order valence-electron chi connectivity index (χ3n) is 6.19. The SMILES string of the molecule is COc1ccccc1CC(=O)N1CCCCC1c1nc(N(C)C)ncc1-c1ccncc1C. The first-order chi connectivity index (χ1) is 16.0. The van der Waals surface area contributed by atoms with Gasteiger partial charge in [-0.15, -0.1) is 0 Å². The van der Waals surface area contributed by atoms with E-state index in [1.165, 1.54) is 0 Å². The Balaban J connectivity index is 1.74. The largest absolute Gasteiger partial charge is 0.496 e. The number of hydrogen-bond acceptors (Lipinski definition) is 6. The van der Waals surface area contributed by atoms with Crippen LogP contribution in [0.3, 0.4) is 0 Å². The smallest absolute Gasteiger partial charge is 0.227 e. The van der Waals surface area contributed by atoms with Crippen molar-refractivity contribution in [1.29, 1.82) is 0 Å². The number of para-hydroxylation sites is 1. The lowest BCUT2D eigenvalue weighted by Gasteiger charge is -2.36. The topological polar surface area (TPSA) is 71.5 Å². The zero-order valence-electron chi connectivity index (χ0n) is 19.8. The maximum Gasteiger partial charge on any atom is 0.227 e. The molecule has 1 aromatic carbocycles. The van der Waals surface area contributed by atoms with Gasteiger partial charge in [-0.3, -0.25) is 9.78 Å². The van der Waals surface area contributed by atoms with E-state index in [-0.39, 0.29) is 11.9 Å². The molecule has 0 bridgehead atoms. The van der Waals surface area contributed by atoms with Crippen LogP contribution in [0, 0.1) is 6.92 Å². The first-order valence-corrected chi connectivity index (χ1v) is 11.4. The average molecular weight is 446 g/mol. The van der Waals surface area contributed by atoms with Gasteiger partial charge in [-0.1, -0.05) is 18.2 Å². The molecule has 1 unspecified atom stereocenters. The van der Waals surface area contributed by atoms with Crippen LogP contribution < -0.4 is 9.64 Å². The number of aromatic nitrogens is 3. The van der Waals surface area contributed by atoms with Gasteiger partial charge < -0.3 is 14.5 Å². The summed E-state index contributed by atoms with van der Waals surface area (Å²) in [6.07, 6.45) is 8.75. The average Bonchev–Trinajstić information content (AvgIpc) is 2.84. The van der Waals surface area contributed by atoms with Crippen molar-refractivity contribution in [3.05, 3.63) is 65.7 Å². The van der Waals surface area contributed by atoms with Gasteiger partial charge in [0, 0.05) is 50.4 Å². The predicted molar refractivity (Wildman–Crippen MR) is 129 cm³/mol. The molecule has 3 aromatic rings. The van der Waals surface area contributed by atoms with Crippen LogP contribution in [0.25, 0.3) is 11.1 Å². The Bertz CT molecular complexity index is 1130. The van der Waals surface area contributed by atoms with Crippen LogP contribution in [0.4, 0.5) is 5.95 Å². The minimum Gasteiger partial charge on any atom is -0.496 e. The molecule has 172 valence electrons. The fourth-order valence-electron chi connectivity index (χ4n) is 4.47. The standard InChI is InChI=1S/C26H31N5O2/c1-18-16-27-13-12-20(18)21-17-28-26(30(2)3)29-25(21)22-10-7-8-14-31(22)24(32)15-19-9-5-6-11-23(19)33-4/h5-6,9,11-13,16-17,22H,7-8,10,14-15H2,1-4H3. The lowest BCUT2D eigenvalue weighted by Crippen LogP contribution is -2.40. The number of likely N-dealkylation sites (tertiary alicyclic amines) is 1. The fraction of sp³-hybridized carbons (Fsp3) is 0.385. The summed E-state index contributed by atoms with van der Waals surface area (Å²) in [6, 6.07) is 9.60. The molecule has 1 fully saturated rings. The summed E-state index contributed by atoms with van der Waals surface area (Å²) in [5.41, 5.74) is 4.87. The number of nitrogens with zero attached hydrogens (tertiary/aromatic N) is 5. The molecule has 33 heavy (non-hydrogen) atoms. The van der Waals surface area contributed by atoms with Crippen LogP contribution in [0.15, 0.2) is 48.9 Å². The van der Waals surface area contributed by atoms with Crippen molar-refractivity contribution in [2.24, 2.45) is 0 Å². The molecular formula is C26H31N5O2. The molecule has 0 saturated carbocycles. The minimum atomic E-state index is -0.106. The van der Waals surface area contributed by atoms with Gasteiger partial charge in [0.2, 0.25) is 11.9 Å². The summed E-state index contributed by atoms with van der Waals surface area (Å²) in [7, 11) is 5.50. The van der Waals surface area contributed by atoms with Gasteiger partial charge in [-0.2, -0.15) is 0 Å². The van der Waals surface area contributed by atoms with Gasteiger partial charge in [0.15, 0.2) is 0 Å². The molecule has 0 radical (unpaired) electrons. The van der Waals surface area contributed by atoms with Gasteiger partial charge >= 0.3 is 0 Å². The highest BCUT2D eigenvalue weighted by molar-refractivity contribution is 5.81. The van der Waals surface area contributed by atoms with E-state index >= 15 is 0 Å². The third kappa shape index (κ3) is 4.82. The van der Waals surface area contributed by atoms with Crippen LogP contribution in [-0.2, 0) is 11.2 Å². The van der Waals surface area contributed by atoms with Crippen molar-refractivity contribution >= 4 is 11.9 Å². The van der Waals surface area contributed by atoms with Crippen LogP contribution in [0.1, 0.15) is 42.1 Å². The summed E-state index contributed by atoms with van der Waals surface area (Å²) in [5, 5.41) is 0. The summed E-state index contributed by atoms with van der Waals surface area (Å²) in [5.74, 6) is 1.47. The van der Waals surface area contributed by atoms with Crippen molar-refractivity contribution < 1.29 is 9.53 Å². The Hall–Kier alpha value is -3.48. The Morgan fingerprint density at radius 3 is 2.73 bits per heavy atom. The van der Waals surface area contributed by atoms with Crippen LogP contribution >= 0.6 is 0 Å². The van der Waals surface area contributed by atoms with Crippen molar-refractivity contribution in [1.82, 2.24) is 19.9 Å². The van der Waals surface area contributed by atoms with E-state index in [1.807, 2.05) is 73.5 Å². The number of piperidine rings is 1. The lowest BCUT2D eigenvalue weighted by molar-refractivity contribution is -0.134. The highest BCUT2D eigenvalue weighted by Gasteiger charge is 2.32. The van der Waals surface area contributed by atoms with E-state index in [2.05, 4.69) is 9.97 Å². The number of aryl methyl sites for hydroxylation is 1. The Morgan fingerprint density at radius 2 is 1.97 bits per heavy atom. The van der Waals surface area contributed by atoms with Gasteiger partial charge in [0.25, 0.3) is 0 Å². The number of anilines is 1. The summed E-state index contributed by atoms with van der Waals surface area (Å²) < 4.78 is 5.47. The lowest BCUT2D eigenvalue weighted by atomic mass is 9.92. The molecular weight excluding hydrogens is 414 g/mol. The van der Waals surface area contributed by atoms with Crippen molar-refractivity contribution in [2.45, 2.75) is 38.6 Å². The first-order valence-electron chi connectivity index (χ1n) is 11.4. The zero-order chi connectivity index (χ0) is 23.4. The van der Waals surface area contributed by atoms with Gasteiger partial charge in [0.05, 0.1) is 25.3 Å². The Kier molecular flexibility index (Phi) is 6.87. The van der Waals surface area contributed by atoms with Crippen LogP contribution in [0.5, 0.6) is 5.75 Å². The zero-order valence-corrected chi connectivity index (χ0v) is 19.8. The third-order valence-corrected chi connectivity index (χ3v) is 6.19. The first kappa shape index (κ1) is 22.7. The van der Waals surface area contributed by atoms with E-state index in [9.17, 15) is 4.79 Å². The number of amides is 1. The molecule has 1 aliphatic rings. The molecule has 1 saturated heterocycles. The molecule has 7 heteroatoms. The van der Waals surface area contributed by atoms with E-state index in [4.69, 9.17) is 9.72 Å². The number of hydrogen-bond donors (Lipinski definition) is 0. The minimum absolute atomic E-state index is 0.0895.